The maximum Gasteiger partial charge on any atom is 0.239 e. The van der Waals surface area contributed by atoms with E-state index in [0.29, 0.717) is 19.3 Å². The van der Waals surface area contributed by atoms with Gasteiger partial charge in [0.15, 0.2) is 0 Å². The Morgan fingerprint density at radius 3 is 2.42 bits per heavy atom. The van der Waals surface area contributed by atoms with E-state index in [1.165, 1.54) is 32.1 Å². The second-order valence-electron chi connectivity index (χ2n) is 6.01. The average Bonchev–Trinajstić information content (AvgIpc) is 2.48. The van der Waals surface area contributed by atoms with Crippen molar-refractivity contribution in [3.63, 3.8) is 0 Å². The first kappa shape index (κ1) is 14.8. The number of ether oxygens (including phenoxy) is 1. The normalized spacial score (nSPS) is 25.1. The summed E-state index contributed by atoms with van der Waals surface area (Å²) in [6.45, 7) is 7.06. The first-order valence-electron chi connectivity index (χ1n) is 7.81. The molecular weight excluding hydrogens is 240 g/mol. The van der Waals surface area contributed by atoms with Crippen molar-refractivity contribution in [2.24, 2.45) is 5.92 Å². The van der Waals surface area contributed by atoms with Crippen molar-refractivity contribution < 1.29 is 9.53 Å². The van der Waals surface area contributed by atoms with Crippen LogP contribution in [0.4, 0.5) is 0 Å². The van der Waals surface area contributed by atoms with E-state index >= 15 is 0 Å². The molecule has 0 aromatic carbocycles. The maximum atomic E-state index is 12.3. The summed E-state index contributed by atoms with van der Waals surface area (Å²) in [5.74, 6) is 0.972. The van der Waals surface area contributed by atoms with Gasteiger partial charge in [0.05, 0.1) is 19.3 Å². The molecule has 110 valence electrons. The topological polar surface area (TPSA) is 41.6 Å². The van der Waals surface area contributed by atoms with Crippen LogP contribution in [0.2, 0.25) is 0 Å². The zero-order chi connectivity index (χ0) is 13.7. The number of rotatable bonds is 4. The van der Waals surface area contributed by atoms with Crippen LogP contribution in [-0.2, 0) is 9.53 Å². The standard InChI is InChI=1S/C15H28N2O2/c1-12(14-6-4-3-5-7-14)16-13(2)15(18)17-8-10-19-11-9-17/h12-14,16H,3-11H2,1-2H3/t12-,13?/m1/s1. The Morgan fingerprint density at radius 1 is 1.16 bits per heavy atom. The summed E-state index contributed by atoms with van der Waals surface area (Å²) in [5.41, 5.74) is 0. The van der Waals surface area contributed by atoms with Gasteiger partial charge >= 0.3 is 0 Å². The van der Waals surface area contributed by atoms with E-state index in [1.807, 2.05) is 11.8 Å². The van der Waals surface area contributed by atoms with Crippen molar-refractivity contribution in [2.45, 2.75) is 58.0 Å². The van der Waals surface area contributed by atoms with Crippen molar-refractivity contribution in [2.75, 3.05) is 26.3 Å². The fourth-order valence-electron chi connectivity index (χ4n) is 3.29. The monoisotopic (exact) mass is 268 g/mol. The molecule has 1 N–H and O–H groups in total. The zero-order valence-electron chi connectivity index (χ0n) is 12.4. The molecule has 2 aliphatic rings. The highest BCUT2D eigenvalue weighted by Crippen LogP contribution is 2.26. The number of carbonyl (C=O) groups excluding carboxylic acids is 1. The summed E-state index contributed by atoms with van der Waals surface area (Å²) >= 11 is 0. The molecule has 1 amide bonds. The summed E-state index contributed by atoms with van der Waals surface area (Å²) < 4.78 is 5.29. The van der Waals surface area contributed by atoms with E-state index < -0.39 is 0 Å². The Balaban J connectivity index is 1.78. The minimum atomic E-state index is -0.0740. The lowest BCUT2D eigenvalue weighted by molar-refractivity contribution is -0.137. The van der Waals surface area contributed by atoms with Crippen LogP contribution in [-0.4, -0.2) is 49.2 Å². The Labute approximate surface area is 116 Å². The van der Waals surface area contributed by atoms with Crippen LogP contribution in [0.15, 0.2) is 0 Å². The molecule has 19 heavy (non-hydrogen) atoms. The van der Waals surface area contributed by atoms with Crippen molar-refractivity contribution in [3.8, 4) is 0 Å². The molecular formula is C15H28N2O2. The third kappa shape index (κ3) is 4.18. The van der Waals surface area contributed by atoms with E-state index in [4.69, 9.17) is 4.74 Å². The number of nitrogens with zero attached hydrogens (tertiary/aromatic N) is 1. The molecule has 0 aromatic heterocycles. The van der Waals surface area contributed by atoms with Gasteiger partial charge < -0.3 is 15.0 Å². The van der Waals surface area contributed by atoms with Crippen LogP contribution in [0, 0.1) is 5.92 Å². The minimum Gasteiger partial charge on any atom is -0.378 e. The van der Waals surface area contributed by atoms with E-state index in [-0.39, 0.29) is 11.9 Å². The number of hydrogen-bond donors (Lipinski definition) is 1. The summed E-state index contributed by atoms with van der Waals surface area (Å²) in [6.07, 6.45) is 6.70. The Bertz CT molecular complexity index is 284. The maximum absolute atomic E-state index is 12.3. The second-order valence-corrected chi connectivity index (χ2v) is 6.01. The largest absolute Gasteiger partial charge is 0.378 e. The Hall–Kier alpha value is -0.610. The van der Waals surface area contributed by atoms with Gasteiger partial charge in [-0.05, 0) is 32.6 Å². The van der Waals surface area contributed by atoms with Gasteiger partial charge in [-0.3, -0.25) is 4.79 Å². The molecule has 1 unspecified atom stereocenters. The first-order valence-corrected chi connectivity index (χ1v) is 7.81. The van der Waals surface area contributed by atoms with Crippen LogP contribution in [0.3, 0.4) is 0 Å². The molecule has 2 atom stereocenters. The van der Waals surface area contributed by atoms with E-state index in [2.05, 4.69) is 12.2 Å². The van der Waals surface area contributed by atoms with Gasteiger partial charge in [0, 0.05) is 19.1 Å². The quantitative estimate of drug-likeness (QED) is 0.845. The molecule has 1 heterocycles. The molecule has 1 saturated carbocycles. The molecule has 1 aliphatic heterocycles. The lowest BCUT2D eigenvalue weighted by Gasteiger charge is -2.33. The molecule has 0 bridgehead atoms. The van der Waals surface area contributed by atoms with E-state index in [1.54, 1.807) is 0 Å². The van der Waals surface area contributed by atoms with Gasteiger partial charge in [0.25, 0.3) is 0 Å². The molecule has 4 heteroatoms. The van der Waals surface area contributed by atoms with Crippen LogP contribution >= 0.6 is 0 Å². The van der Waals surface area contributed by atoms with Gasteiger partial charge in [-0.2, -0.15) is 0 Å². The molecule has 4 nitrogen and oxygen atoms in total. The molecule has 1 saturated heterocycles. The number of carbonyl (C=O) groups is 1. The van der Waals surface area contributed by atoms with Crippen molar-refractivity contribution in [3.05, 3.63) is 0 Å². The highest BCUT2D eigenvalue weighted by atomic mass is 16.5. The first-order chi connectivity index (χ1) is 9.18. The zero-order valence-corrected chi connectivity index (χ0v) is 12.4. The van der Waals surface area contributed by atoms with Crippen LogP contribution < -0.4 is 5.32 Å². The molecule has 2 rings (SSSR count). The Morgan fingerprint density at radius 2 is 1.79 bits per heavy atom. The van der Waals surface area contributed by atoms with Crippen LogP contribution in [0.5, 0.6) is 0 Å². The van der Waals surface area contributed by atoms with Gasteiger partial charge in [-0.15, -0.1) is 0 Å². The van der Waals surface area contributed by atoms with Gasteiger partial charge in [0.1, 0.15) is 0 Å². The van der Waals surface area contributed by atoms with Gasteiger partial charge in [-0.25, -0.2) is 0 Å². The fourth-order valence-corrected chi connectivity index (χ4v) is 3.29. The lowest BCUT2D eigenvalue weighted by Crippen LogP contribution is -2.52. The molecule has 2 fully saturated rings. The summed E-state index contributed by atoms with van der Waals surface area (Å²) in [4.78, 5) is 14.2. The smallest absolute Gasteiger partial charge is 0.239 e. The van der Waals surface area contributed by atoms with Crippen molar-refractivity contribution >= 4 is 5.91 Å². The average molecular weight is 268 g/mol. The van der Waals surface area contributed by atoms with Crippen molar-refractivity contribution in [1.29, 1.82) is 0 Å². The van der Waals surface area contributed by atoms with Gasteiger partial charge in [-0.1, -0.05) is 19.3 Å². The number of morpholine rings is 1. The van der Waals surface area contributed by atoms with E-state index in [0.717, 1.165) is 19.0 Å². The van der Waals surface area contributed by atoms with E-state index in [9.17, 15) is 4.79 Å². The predicted molar refractivity (Wildman–Crippen MR) is 76.0 cm³/mol. The molecule has 0 aromatic rings. The van der Waals surface area contributed by atoms with Crippen LogP contribution in [0.1, 0.15) is 46.0 Å². The third-order valence-corrected chi connectivity index (χ3v) is 4.56. The highest BCUT2D eigenvalue weighted by molar-refractivity contribution is 5.81. The summed E-state index contributed by atoms with van der Waals surface area (Å²) in [7, 11) is 0. The fraction of sp³-hybridized carbons (Fsp3) is 0.933. The SMILES string of the molecule is CC(N[C@H](C)C1CCCCC1)C(=O)N1CCOCC1. The lowest BCUT2D eigenvalue weighted by atomic mass is 9.84. The predicted octanol–water partition coefficient (Wildman–Crippen LogP) is 1.79. The van der Waals surface area contributed by atoms with Crippen molar-refractivity contribution in [1.82, 2.24) is 10.2 Å². The number of hydrogen-bond acceptors (Lipinski definition) is 3. The third-order valence-electron chi connectivity index (χ3n) is 4.56. The highest BCUT2D eigenvalue weighted by Gasteiger charge is 2.26. The second kappa shape index (κ2) is 7.25. The summed E-state index contributed by atoms with van der Waals surface area (Å²) in [6, 6.07) is 0.371. The molecule has 1 aliphatic carbocycles. The molecule has 0 radical (unpaired) electrons. The minimum absolute atomic E-state index is 0.0740. The number of nitrogens with one attached hydrogen (secondary N) is 1. The summed E-state index contributed by atoms with van der Waals surface area (Å²) in [5, 5.41) is 3.51. The van der Waals surface area contributed by atoms with Gasteiger partial charge in [0.2, 0.25) is 5.91 Å². The Kier molecular flexibility index (Phi) is 5.64. The molecule has 0 spiro atoms. The number of amides is 1. The van der Waals surface area contributed by atoms with Crippen LogP contribution in [0.25, 0.3) is 0 Å².